The first kappa shape index (κ1) is 20.7. The molecule has 0 atom stereocenters. The standard InChI is InChI=1S/C20H25N5OS/c1-4-6-11-17(14(3)5-2)27-23-13-19-24-16-10-8-7-9-15(16)20(25-19)22-12-18(21)26/h4,6-11,23H,1,5,12-13H2,2-3H3,(H2,21,26)(H,22,24,25)/b11-6-,17-14-. The van der Waals surface area contributed by atoms with Crippen LogP contribution in [0, 0.1) is 0 Å². The molecule has 1 aromatic carbocycles. The molecule has 2 rings (SSSR count). The molecule has 6 nitrogen and oxygen atoms in total. The summed E-state index contributed by atoms with van der Waals surface area (Å²) in [6.07, 6.45) is 6.68. The van der Waals surface area contributed by atoms with Crippen LogP contribution in [0.4, 0.5) is 5.82 Å². The summed E-state index contributed by atoms with van der Waals surface area (Å²) in [5.41, 5.74) is 7.34. The second-order valence-corrected chi connectivity index (χ2v) is 6.77. The van der Waals surface area contributed by atoms with Crippen LogP contribution < -0.4 is 15.8 Å². The van der Waals surface area contributed by atoms with Gasteiger partial charge in [0.25, 0.3) is 0 Å². The van der Waals surface area contributed by atoms with E-state index in [2.05, 4.69) is 40.4 Å². The third-order valence-electron chi connectivity index (χ3n) is 3.83. The lowest BCUT2D eigenvalue weighted by molar-refractivity contribution is -0.116. The monoisotopic (exact) mass is 383 g/mol. The molecule has 7 heteroatoms. The van der Waals surface area contributed by atoms with Crippen LogP contribution in [0.2, 0.25) is 0 Å². The van der Waals surface area contributed by atoms with Gasteiger partial charge in [-0.05, 0) is 43.5 Å². The Morgan fingerprint density at radius 1 is 1.33 bits per heavy atom. The molecule has 142 valence electrons. The molecule has 0 saturated heterocycles. The van der Waals surface area contributed by atoms with Crippen LogP contribution in [0.5, 0.6) is 0 Å². The molecule has 2 aromatic rings. The van der Waals surface area contributed by atoms with Gasteiger partial charge in [0, 0.05) is 10.3 Å². The number of aromatic nitrogens is 2. The molecule has 1 aromatic heterocycles. The summed E-state index contributed by atoms with van der Waals surface area (Å²) in [7, 11) is 0. The van der Waals surface area contributed by atoms with Crippen molar-refractivity contribution in [2.75, 3.05) is 11.9 Å². The Labute approximate surface area is 164 Å². The lowest BCUT2D eigenvalue weighted by Crippen LogP contribution is -2.22. The molecule has 0 unspecified atom stereocenters. The van der Waals surface area contributed by atoms with E-state index in [1.165, 1.54) is 17.5 Å². The first-order chi connectivity index (χ1) is 13.0. The van der Waals surface area contributed by atoms with Gasteiger partial charge in [0.05, 0.1) is 18.6 Å². The van der Waals surface area contributed by atoms with Crippen molar-refractivity contribution in [3.05, 3.63) is 65.4 Å². The minimum Gasteiger partial charge on any atom is -0.368 e. The van der Waals surface area contributed by atoms with E-state index in [0.29, 0.717) is 18.2 Å². The summed E-state index contributed by atoms with van der Waals surface area (Å²) in [5, 5.41) is 3.84. The van der Waals surface area contributed by atoms with Crippen molar-refractivity contribution in [1.29, 1.82) is 0 Å². The Hall–Kier alpha value is -2.64. The third-order valence-corrected chi connectivity index (χ3v) is 4.82. The first-order valence-electron chi connectivity index (χ1n) is 8.71. The van der Waals surface area contributed by atoms with Gasteiger partial charge < -0.3 is 11.1 Å². The normalized spacial score (nSPS) is 12.2. The molecule has 0 fully saturated rings. The van der Waals surface area contributed by atoms with E-state index in [9.17, 15) is 4.79 Å². The number of benzene rings is 1. The van der Waals surface area contributed by atoms with Gasteiger partial charge in [-0.3, -0.25) is 9.52 Å². The van der Waals surface area contributed by atoms with Crippen LogP contribution in [-0.4, -0.2) is 22.4 Å². The zero-order valence-corrected chi connectivity index (χ0v) is 16.5. The number of allylic oxidation sites excluding steroid dienone is 4. The molecular formula is C20H25N5OS. The zero-order valence-electron chi connectivity index (χ0n) is 15.7. The fraction of sp³-hybridized carbons (Fsp3) is 0.250. The van der Waals surface area contributed by atoms with Gasteiger partial charge in [0.1, 0.15) is 11.6 Å². The van der Waals surface area contributed by atoms with Crippen molar-refractivity contribution >= 4 is 34.6 Å². The minimum absolute atomic E-state index is 0.0254. The number of para-hydroxylation sites is 1. The van der Waals surface area contributed by atoms with E-state index < -0.39 is 5.91 Å². The molecule has 0 bridgehead atoms. The predicted octanol–water partition coefficient (Wildman–Crippen LogP) is 3.69. The highest BCUT2D eigenvalue weighted by atomic mass is 32.2. The highest BCUT2D eigenvalue weighted by Gasteiger charge is 2.08. The summed E-state index contributed by atoms with van der Waals surface area (Å²) in [6, 6.07) is 7.66. The average molecular weight is 384 g/mol. The Bertz CT molecular complexity index is 876. The second kappa shape index (κ2) is 10.5. The van der Waals surface area contributed by atoms with Gasteiger partial charge >= 0.3 is 0 Å². The highest BCUT2D eigenvalue weighted by molar-refractivity contribution is 8.01. The maximum absolute atomic E-state index is 11.1. The summed E-state index contributed by atoms with van der Waals surface area (Å²) >= 11 is 1.54. The second-order valence-electron chi connectivity index (χ2n) is 5.84. The first-order valence-corrected chi connectivity index (χ1v) is 9.53. The van der Waals surface area contributed by atoms with Gasteiger partial charge in [-0.1, -0.05) is 43.4 Å². The van der Waals surface area contributed by atoms with Crippen molar-refractivity contribution < 1.29 is 4.79 Å². The fourth-order valence-corrected chi connectivity index (χ4v) is 3.10. The Morgan fingerprint density at radius 2 is 2.11 bits per heavy atom. The highest BCUT2D eigenvalue weighted by Crippen LogP contribution is 2.22. The van der Waals surface area contributed by atoms with Crippen molar-refractivity contribution in [3.8, 4) is 0 Å². The fourth-order valence-electron chi connectivity index (χ4n) is 2.28. The lowest BCUT2D eigenvalue weighted by atomic mass is 10.2. The number of nitrogens with two attached hydrogens (primary N) is 1. The number of fused-ring (bicyclic) bond motifs is 1. The van der Waals surface area contributed by atoms with Crippen LogP contribution in [0.15, 0.2) is 59.6 Å². The summed E-state index contributed by atoms with van der Waals surface area (Å²) in [6.45, 7) is 8.45. The maximum Gasteiger partial charge on any atom is 0.236 e. The number of amides is 1. The van der Waals surface area contributed by atoms with E-state index in [1.807, 2.05) is 36.4 Å². The van der Waals surface area contributed by atoms with Gasteiger partial charge in [-0.25, -0.2) is 9.97 Å². The summed E-state index contributed by atoms with van der Waals surface area (Å²) in [5.74, 6) is 0.800. The van der Waals surface area contributed by atoms with Gasteiger partial charge in [0.15, 0.2) is 0 Å². The molecule has 4 N–H and O–H groups in total. The average Bonchev–Trinajstić information content (AvgIpc) is 2.68. The Balaban J connectivity index is 2.17. The third kappa shape index (κ3) is 6.23. The number of hydrogen-bond acceptors (Lipinski definition) is 6. The summed E-state index contributed by atoms with van der Waals surface area (Å²) < 4.78 is 3.31. The molecule has 0 aliphatic carbocycles. The predicted molar refractivity (Wildman–Crippen MR) is 114 cm³/mol. The van der Waals surface area contributed by atoms with Gasteiger partial charge in [0.2, 0.25) is 5.91 Å². The van der Waals surface area contributed by atoms with E-state index in [4.69, 9.17) is 5.73 Å². The molecule has 0 saturated carbocycles. The number of carbonyl (C=O) groups excluding carboxylic acids is 1. The van der Waals surface area contributed by atoms with E-state index in [1.54, 1.807) is 6.08 Å². The SMILES string of the molecule is C=C/C=C\C(SNCc1nc(NCC(N)=O)c2ccccc2n1)=C(/C)CC. The molecule has 27 heavy (non-hydrogen) atoms. The number of rotatable bonds is 10. The molecule has 1 amide bonds. The quantitative estimate of drug-likeness (QED) is 0.428. The van der Waals surface area contributed by atoms with Crippen LogP contribution in [0.1, 0.15) is 26.1 Å². The molecule has 0 aliphatic rings. The van der Waals surface area contributed by atoms with Crippen LogP contribution in [0.3, 0.4) is 0 Å². The van der Waals surface area contributed by atoms with Crippen molar-refractivity contribution in [2.24, 2.45) is 5.73 Å². The van der Waals surface area contributed by atoms with Crippen LogP contribution >= 0.6 is 11.9 Å². The number of anilines is 1. The maximum atomic E-state index is 11.1. The van der Waals surface area contributed by atoms with Crippen LogP contribution in [-0.2, 0) is 11.3 Å². The Kier molecular flexibility index (Phi) is 8.03. The Morgan fingerprint density at radius 3 is 2.81 bits per heavy atom. The molecule has 0 aliphatic heterocycles. The number of hydrogen-bond donors (Lipinski definition) is 3. The van der Waals surface area contributed by atoms with Gasteiger partial charge in [-0.15, -0.1) is 0 Å². The van der Waals surface area contributed by atoms with Crippen molar-refractivity contribution in [2.45, 2.75) is 26.8 Å². The van der Waals surface area contributed by atoms with E-state index in [0.717, 1.165) is 22.2 Å². The van der Waals surface area contributed by atoms with E-state index >= 15 is 0 Å². The largest absolute Gasteiger partial charge is 0.368 e. The lowest BCUT2D eigenvalue weighted by Gasteiger charge is -2.11. The van der Waals surface area contributed by atoms with Crippen molar-refractivity contribution in [3.63, 3.8) is 0 Å². The number of nitrogens with zero attached hydrogens (tertiary/aromatic N) is 2. The summed E-state index contributed by atoms with van der Waals surface area (Å²) in [4.78, 5) is 21.4. The molecule has 1 heterocycles. The topological polar surface area (TPSA) is 92.9 Å². The van der Waals surface area contributed by atoms with Crippen molar-refractivity contribution in [1.82, 2.24) is 14.7 Å². The van der Waals surface area contributed by atoms with Crippen LogP contribution in [0.25, 0.3) is 10.9 Å². The minimum atomic E-state index is -0.438. The zero-order chi connectivity index (χ0) is 19.6. The number of nitrogens with one attached hydrogen (secondary N) is 2. The number of carbonyl (C=O) groups is 1. The molecule has 0 spiro atoms. The molecule has 0 radical (unpaired) electrons. The van der Waals surface area contributed by atoms with E-state index in [-0.39, 0.29) is 6.54 Å². The molecular weight excluding hydrogens is 358 g/mol. The smallest absolute Gasteiger partial charge is 0.236 e. The number of primary amides is 1. The van der Waals surface area contributed by atoms with Gasteiger partial charge in [-0.2, -0.15) is 0 Å².